The average molecular weight is 335 g/mol. The zero-order chi connectivity index (χ0) is 16.9. The fourth-order valence-electron chi connectivity index (χ4n) is 2.20. The van der Waals surface area contributed by atoms with Crippen molar-refractivity contribution in [3.8, 4) is 0 Å². The van der Waals surface area contributed by atoms with E-state index in [4.69, 9.17) is 10.5 Å². The molecule has 7 nitrogen and oxygen atoms in total. The van der Waals surface area contributed by atoms with Gasteiger partial charge < -0.3 is 15.4 Å². The lowest BCUT2D eigenvalue weighted by Crippen LogP contribution is -2.55. The van der Waals surface area contributed by atoms with E-state index in [1.54, 1.807) is 4.90 Å². The van der Waals surface area contributed by atoms with E-state index >= 15 is 0 Å². The van der Waals surface area contributed by atoms with E-state index in [2.05, 4.69) is 0 Å². The summed E-state index contributed by atoms with van der Waals surface area (Å²) in [6.45, 7) is 9.16. The summed E-state index contributed by atoms with van der Waals surface area (Å²) in [6, 6.07) is -0.525. The third kappa shape index (κ3) is 5.49. The molecular formula is C14H29N3O4S. The van der Waals surface area contributed by atoms with Crippen molar-refractivity contribution in [3.63, 3.8) is 0 Å². The van der Waals surface area contributed by atoms with E-state index in [9.17, 15) is 13.2 Å². The molecule has 0 aliphatic carbocycles. The highest BCUT2D eigenvalue weighted by molar-refractivity contribution is 7.89. The van der Waals surface area contributed by atoms with E-state index in [0.717, 1.165) is 0 Å². The molecule has 8 heteroatoms. The Labute approximate surface area is 133 Å². The summed E-state index contributed by atoms with van der Waals surface area (Å²) in [5.41, 5.74) is 5.87. The molecule has 1 atom stereocenters. The molecule has 1 amide bonds. The van der Waals surface area contributed by atoms with Crippen LogP contribution in [-0.4, -0.2) is 74.2 Å². The van der Waals surface area contributed by atoms with Gasteiger partial charge in [0.25, 0.3) is 0 Å². The molecule has 0 aromatic carbocycles. The second-order valence-corrected chi connectivity index (χ2v) is 8.32. The predicted molar refractivity (Wildman–Crippen MR) is 85.8 cm³/mol. The van der Waals surface area contributed by atoms with Crippen molar-refractivity contribution in [1.29, 1.82) is 0 Å². The van der Waals surface area contributed by atoms with E-state index in [0.29, 0.717) is 26.2 Å². The molecule has 0 aromatic heterocycles. The number of hydrogen-bond donors (Lipinski definition) is 1. The van der Waals surface area contributed by atoms with Gasteiger partial charge in [0.2, 0.25) is 15.9 Å². The Morgan fingerprint density at radius 2 is 1.68 bits per heavy atom. The lowest BCUT2D eigenvalue weighted by Gasteiger charge is -2.35. The highest BCUT2D eigenvalue weighted by Gasteiger charge is 2.31. The van der Waals surface area contributed by atoms with Gasteiger partial charge in [0.1, 0.15) is 0 Å². The van der Waals surface area contributed by atoms with Gasteiger partial charge in [0.15, 0.2) is 0 Å². The molecule has 1 saturated heterocycles. The first-order chi connectivity index (χ1) is 10.1. The maximum absolute atomic E-state index is 12.2. The Morgan fingerprint density at radius 1 is 1.14 bits per heavy atom. The van der Waals surface area contributed by atoms with Crippen LogP contribution in [0.2, 0.25) is 0 Å². The van der Waals surface area contributed by atoms with Crippen molar-refractivity contribution in [2.45, 2.75) is 39.8 Å². The van der Waals surface area contributed by atoms with Gasteiger partial charge in [-0.15, -0.1) is 0 Å². The highest BCUT2D eigenvalue weighted by atomic mass is 32.2. The van der Waals surface area contributed by atoms with E-state index < -0.39 is 16.1 Å². The molecule has 1 aliphatic heterocycles. The Balaban J connectivity index is 2.49. The third-order valence-corrected chi connectivity index (χ3v) is 5.57. The van der Waals surface area contributed by atoms with Crippen LogP contribution in [0.5, 0.6) is 0 Å². The molecule has 0 saturated carbocycles. The topological polar surface area (TPSA) is 92.9 Å². The molecule has 130 valence electrons. The summed E-state index contributed by atoms with van der Waals surface area (Å²) < 4.78 is 31.1. The third-order valence-electron chi connectivity index (χ3n) is 3.74. The summed E-state index contributed by atoms with van der Waals surface area (Å²) in [6.07, 6.45) is 0.0159. The SMILES string of the molecule is CC(C)OCCS(=O)(=O)N1CCN(C(=O)[C@@H](N)C(C)C)CC1. The van der Waals surface area contributed by atoms with Crippen LogP contribution in [0.1, 0.15) is 27.7 Å². The fraction of sp³-hybridized carbons (Fsp3) is 0.929. The molecule has 1 fully saturated rings. The molecule has 0 aromatic rings. The van der Waals surface area contributed by atoms with Crippen molar-refractivity contribution < 1.29 is 17.9 Å². The molecule has 0 unspecified atom stereocenters. The molecular weight excluding hydrogens is 306 g/mol. The number of piperazine rings is 1. The Kier molecular flexibility index (Phi) is 7.24. The lowest BCUT2D eigenvalue weighted by molar-refractivity contribution is -0.134. The van der Waals surface area contributed by atoms with Gasteiger partial charge >= 0.3 is 0 Å². The zero-order valence-electron chi connectivity index (χ0n) is 14.0. The average Bonchev–Trinajstić information content (AvgIpc) is 2.45. The van der Waals surface area contributed by atoms with E-state index in [1.807, 2.05) is 27.7 Å². The summed E-state index contributed by atoms with van der Waals surface area (Å²) in [5, 5.41) is 0. The summed E-state index contributed by atoms with van der Waals surface area (Å²) in [7, 11) is -3.33. The van der Waals surface area contributed by atoms with Crippen LogP contribution in [0.4, 0.5) is 0 Å². The van der Waals surface area contributed by atoms with Gasteiger partial charge in [0, 0.05) is 26.2 Å². The number of carbonyl (C=O) groups excluding carboxylic acids is 1. The van der Waals surface area contributed by atoms with Crippen LogP contribution < -0.4 is 5.73 Å². The minimum atomic E-state index is -3.33. The molecule has 1 heterocycles. The van der Waals surface area contributed by atoms with Gasteiger partial charge in [-0.05, 0) is 19.8 Å². The molecule has 2 N–H and O–H groups in total. The smallest absolute Gasteiger partial charge is 0.239 e. The van der Waals surface area contributed by atoms with Gasteiger partial charge in [-0.25, -0.2) is 8.42 Å². The van der Waals surface area contributed by atoms with E-state index in [1.165, 1.54) is 4.31 Å². The van der Waals surface area contributed by atoms with Crippen LogP contribution in [0, 0.1) is 5.92 Å². The number of carbonyl (C=O) groups is 1. The first-order valence-corrected chi connectivity index (χ1v) is 9.40. The van der Waals surface area contributed by atoms with Crippen LogP contribution >= 0.6 is 0 Å². The number of rotatable bonds is 7. The monoisotopic (exact) mass is 335 g/mol. The minimum Gasteiger partial charge on any atom is -0.378 e. The molecule has 0 radical (unpaired) electrons. The summed E-state index contributed by atoms with van der Waals surface area (Å²) in [4.78, 5) is 13.8. The number of sulfonamides is 1. The molecule has 22 heavy (non-hydrogen) atoms. The van der Waals surface area contributed by atoms with Gasteiger partial charge in [-0.1, -0.05) is 13.8 Å². The van der Waals surface area contributed by atoms with Crippen LogP contribution in [0.15, 0.2) is 0 Å². The van der Waals surface area contributed by atoms with Crippen molar-refractivity contribution in [3.05, 3.63) is 0 Å². The molecule has 1 rings (SSSR count). The second kappa shape index (κ2) is 8.24. The molecule has 0 spiro atoms. The summed E-state index contributed by atoms with van der Waals surface area (Å²) >= 11 is 0. The summed E-state index contributed by atoms with van der Waals surface area (Å²) in [5.74, 6) is -0.0531. The first-order valence-electron chi connectivity index (χ1n) is 7.79. The zero-order valence-corrected chi connectivity index (χ0v) is 14.8. The Bertz CT molecular complexity index is 457. The second-order valence-electron chi connectivity index (χ2n) is 6.23. The number of hydrogen-bond acceptors (Lipinski definition) is 5. The van der Waals surface area contributed by atoms with Gasteiger partial charge in [-0.3, -0.25) is 4.79 Å². The predicted octanol–water partition coefficient (Wildman–Crippen LogP) is -0.131. The van der Waals surface area contributed by atoms with Crippen LogP contribution in [-0.2, 0) is 19.6 Å². The normalized spacial score (nSPS) is 19.0. The van der Waals surface area contributed by atoms with Crippen molar-refractivity contribution in [2.24, 2.45) is 11.7 Å². The lowest BCUT2D eigenvalue weighted by atomic mass is 10.0. The number of ether oxygens (including phenoxy) is 1. The van der Waals surface area contributed by atoms with Crippen LogP contribution in [0.3, 0.4) is 0 Å². The van der Waals surface area contributed by atoms with Crippen molar-refractivity contribution in [1.82, 2.24) is 9.21 Å². The maximum Gasteiger partial charge on any atom is 0.239 e. The van der Waals surface area contributed by atoms with Crippen molar-refractivity contribution in [2.75, 3.05) is 38.5 Å². The standard InChI is InChI=1S/C14H29N3O4S/c1-11(2)13(15)14(18)16-5-7-17(8-6-16)22(19,20)10-9-21-12(3)4/h11-13H,5-10,15H2,1-4H3/t13-/m0/s1. The Hall–Kier alpha value is -0.700. The quantitative estimate of drug-likeness (QED) is 0.699. The number of amides is 1. The fourth-order valence-corrected chi connectivity index (χ4v) is 3.49. The van der Waals surface area contributed by atoms with Gasteiger partial charge in [0.05, 0.1) is 24.5 Å². The van der Waals surface area contributed by atoms with Crippen LogP contribution in [0.25, 0.3) is 0 Å². The number of nitrogens with two attached hydrogens (primary N) is 1. The van der Waals surface area contributed by atoms with E-state index in [-0.39, 0.29) is 30.3 Å². The minimum absolute atomic E-state index is 0.0159. The molecule has 1 aliphatic rings. The number of nitrogens with zero attached hydrogens (tertiary/aromatic N) is 2. The van der Waals surface area contributed by atoms with Crippen molar-refractivity contribution >= 4 is 15.9 Å². The largest absolute Gasteiger partial charge is 0.378 e. The van der Waals surface area contributed by atoms with Gasteiger partial charge in [-0.2, -0.15) is 4.31 Å². The maximum atomic E-state index is 12.2. The Morgan fingerprint density at radius 3 is 2.14 bits per heavy atom. The highest BCUT2D eigenvalue weighted by Crippen LogP contribution is 2.11. The molecule has 0 bridgehead atoms. The first kappa shape index (κ1) is 19.3.